The Morgan fingerprint density at radius 2 is 2.07 bits per heavy atom. The van der Waals surface area contributed by atoms with Gasteiger partial charge >= 0.3 is 0 Å². The molecule has 15 heavy (non-hydrogen) atoms. The molecule has 1 heterocycles. The molecular weight excluding hydrogens is 236 g/mol. The SMILES string of the molecule is CC([SiH]1CCO[SiH2][SiH2]1)C1(O)CCCCC1. The van der Waals surface area contributed by atoms with Gasteiger partial charge in [-0.2, -0.15) is 0 Å². The van der Waals surface area contributed by atoms with Crippen molar-refractivity contribution in [3.63, 3.8) is 0 Å². The molecule has 1 aliphatic carbocycles. The van der Waals surface area contributed by atoms with E-state index >= 15 is 0 Å². The van der Waals surface area contributed by atoms with E-state index in [0.717, 1.165) is 19.4 Å². The normalized spacial score (nSPS) is 36.8. The summed E-state index contributed by atoms with van der Waals surface area (Å²) in [6.45, 7) is 3.42. The molecule has 2 unspecified atom stereocenters. The number of hydrogen-bond acceptors (Lipinski definition) is 2. The summed E-state index contributed by atoms with van der Waals surface area (Å²) in [7, 11) is -0.400. The minimum atomic E-state index is -0.535. The minimum Gasteiger partial charge on any atom is -0.428 e. The summed E-state index contributed by atoms with van der Waals surface area (Å²) in [5.41, 5.74) is 0.453. The highest BCUT2D eigenvalue weighted by Crippen LogP contribution is 2.39. The number of aliphatic hydroxyl groups is 1. The molecule has 5 heteroatoms. The Bertz CT molecular complexity index is 201. The van der Waals surface area contributed by atoms with Gasteiger partial charge in [-0.1, -0.05) is 26.2 Å². The van der Waals surface area contributed by atoms with Crippen LogP contribution in [-0.2, 0) is 4.43 Å². The largest absolute Gasteiger partial charge is 0.428 e. The Labute approximate surface area is 98.7 Å². The summed E-state index contributed by atoms with van der Waals surface area (Å²) in [6, 6.07) is 1.38. The highest BCUT2D eigenvalue weighted by Gasteiger charge is 2.40. The van der Waals surface area contributed by atoms with Crippen LogP contribution in [0, 0.1) is 0 Å². The van der Waals surface area contributed by atoms with Crippen molar-refractivity contribution in [1.29, 1.82) is 0 Å². The molecule has 1 saturated heterocycles. The maximum absolute atomic E-state index is 10.7. The molecule has 0 spiro atoms. The molecule has 0 aromatic heterocycles. The summed E-state index contributed by atoms with van der Waals surface area (Å²) in [5.74, 6) is 0. The van der Waals surface area contributed by atoms with E-state index in [2.05, 4.69) is 6.92 Å². The fourth-order valence-electron chi connectivity index (χ4n) is 3.27. The lowest BCUT2D eigenvalue weighted by molar-refractivity contribution is 0.000221. The minimum absolute atomic E-state index is 0.0538. The predicted molar refractivity (Wildman–Crippen MR) is 72.5 cm³/mol. The molecule has 2 rings (SSSR count). The molecule has 0 bridgehead atoms. The Kier molecular flexibility index (Phi) is 4.23. The summed E-state index contributed by atoms with van der Waals surface area (Å²) in [5, 5.41) is 10.7. The standard InChI is InChI=1S/C10H24O2Si3/c1-9(15-8-7-12-13-14-15)10(11)5-3-2-4-6-10/h9,11,15H,2-8,13-14H2,1H3. The summed E-state index contributed by atoms with van der Waals surface area (Å²) in [4.78, 5) is 0. The zero-order chi connectivity index (χ0) is 10.7. The quantitative estimate of drug-likeness (QED) is 0.708. The van der Waals surface area contributed by atoms with E-state index in [1.165, 1.54) is 25.3 Å². The molecule has 2 nitrogen and oxygen atoms in total. The first kappa shape index (κ1) is 12.0. The van der Waals surface area contributed by atoms with Crippen molar-refractivity contribution in [1.82, 2.24) is 0 Å². The van der Waals surface area contributed by atoms with Gasteiger partial charge in [-0.25, -0.2) is 0 Å². The van der Waals surface area contributed by atoms with Gasteiger partial charge in [-0.15, -0.1) is 0 Å². The van der Waals surface area contributed by atoms with Gasteiger partial charge in [0, 0.05) is 23.5 Å². The van der Waals surface area contributed by atoms with Gasteiger partial charge in [0.25, 0.3) is 0 Å². The van der Waals surface area contributed by atoms with Crippen LogP contribution in [0.5, 0.6) is 0 Å². The van der Waals surface area contributed by atoms with Gasteiger partial charge in [0.2, 0.25) is 0 Å². The first-order chi connectivity index (χ1) is 7.22. The number of rotatable bonds is 2. The second-order valence-corrected chi connectivity index (χ2v) is 21.2. The van der Waals surface area contributed by atoms with Gasteiger partial charge in [0.1, 0.15) is 9.28 Å². The van der Waals surface area contributed by atoms with Crippen molar-refractivity contribution in [2.24, 2.45) is 0 Å². The molecule has 0 aromatic carbocycles. The average Bonchev–Trinajstić information content (AvgIpc) is 2.30. The third kappa shape index (κ3) is 2.82. The Balaban J connectivity index is 1.94. The van der Waals surface area contributed by atoms with Crippen LogP contribution in [0.15, 0.2) is 0 Å². The Hall–Kier alpha value is 0.571. The maximum atomic E-state index is 10.7. The van der Waals surface area contributed by atoms with E-state index in [-0.39, 0.29) is 23.4 Å². The van der Waals surface area contributed by atoms with Crippen LogP contribution < -0.4 is 0 Å². The highest BCUT2D eigenvalue weighted by atomic mass is 29.5. The first-order valence-corrected chi connectivity index (χ1v) is 15.9. The lowest BCUT2D eigenvalue weighted by atomic mass is 9.83. The van der Waals surface area contributed by atoms with Crippen LogP contribution in [0.3, 0.4) is 0 Å². The van der Waals surface area contributed by atoms with Crippen molar-refractivity contribution >= 4 is 26.1 Å². The van der Waals surface area contributed by atoms with Crippen molar-refractivity contribution in [3.8, 4) is 0 Å². The average molecular weight is 261 g/mol. The van der Waals surface area contributed by atoms with Crippen LogP contribution in [0.25, 0.3) is 0 Å². The Morgan fingerprint density at radius 1 is 1.33 bits per heavy atom. The zero-order valence-electron chi connectivity index (χ0n) is 9.87. The van der Waals surface area contributed by atoms with Crippen LogP contribution in [0.4, 0.5) is 0 Å². The smallest absolute Gasteiger partial charge is 0.140 e. The lowest BCUT2D eigenvalue weighted by Crippen LogP contribution is -2.48. The first-order valence-electron chi connectivity index (χ1n) is 6.52. The molecule has 2 fully saturated rings. The summed E-state index contributed by atoms with van der Waals surface area (Å²) >= 11 is 0. The molecule has 0 aromatic rings. The fourth-order valence-corrected chi connectivity index (χ4v) is 24.9. The van der Waals surface area contributed by atoms with E-state index in [0.29, 0.717) is 5.54 Å². The lowest BCUT2D eigenvalue weighted by Gasteiger charge is -2.42. The van der Waals surface area contributed by atoms with Crippen molar-refractivity contribution in [2.45, 2.75) is 56.2 Å². The van der Waals surface area contributed by atoms with Crippen LogP contribution >= 0.6 is 0 Å². The van der Waals surface area contributed by atoms with Crippen molar-refractivity contribution < 1.29 is 9.53 Å². The monoisotopic (exact) mass is 260 g/mol. The Morgan fingerprint density at radius 3 is 2.67 bits per heavy atom. The molecule has 0 amide bonds. The molecule has 1 N–H and O–H groups in total. The van der Waals surface area contributed by atoms with Crippen molar-refractivity contribution in [2.75, 3.05) is 6.61 Å². The second-order valence-electron chi connectivity index (χ2n) is 5.40. The third-order valence-electron chi connectivity index (χ3n) is 4.54. The molecule has 88 valence electrons. The molecule has 1 saturated carbocycles. The highest BCUT2D eigenvalue weighted by molar-refractivity contribution is 7.35. The van der Waals surface area contributed by atoms with E-state index in [1.807, 2.05) is 0 Å². The molecule has 1 aliphatic heterocycles. The van der Waals surface area contributed by atoms with Gasteiger partial charge in [-0.05, 0) is 24.4 Å². The molecule has 2 aliphatic rings. The van der Waals surface area contributed by atoms with Crippen LogP contribution in [0.2, 0.25) is 11.6 Å². The molecule has 0 radical (unpaired) electrons. The van der Waals surface area contributed by atoms with Crippen LogP contribution in [0.1, 0.15) is 39.0 Å². The zero-order valence-corrected chi connectivity index (χ0v) is 13.9. The second kappa shape index (κ2) is 5.27. The van der Waals surface area contributed by atoms with E-state index in [9.17, 15) is 5.11 Å². The molecule has 2 atom stereocenters. The maximum Gasteiger partial charge on any atom is 0.140 e. The molecular formula is C10H24O2Si3. The van der Waals surface area contributed by atoms with Gasteiger partial charge < -0.3 is 9.53 Å². The third-order valence-corrected chi connectivity index (χ3v) is 25.0. The summed E-state index contributed by atoms with van der Waals surface area (Å²) < 4.78 is 5.62. The fraction of sp³-hybridized carbons (Fsp3) is 1.00. The van der Waals surface area contributed by atoms with E-state index in [1.54, 1.807) is 0 Å². The van der Waals surface area contributed by atoms with Crippen molar-refractivity contribution in [3.05, 3.63) is 0 Å². The topological polar surface area (TPSA) is 29.5 Å². The van der Waals surface area contributed by atoms with E-state index < -0.39 is 8.31 Å². The van der Waals surface area contributed by atoms with Gasteiger partial charge in [0.05, 0.1) is 5.60 Å². The predicted octanol–water partition coefficient (Wildman–Crippen LogP) is -0.00670. The summed E-state index contributed by atoms with van der Waals surface area (Å²) in [6.07, 6.45) is 6.05. The van der Waals surface area contributed by atoms with E-state index in [4.69, 9.17) is 4.43 Å². The number of hydrogen-bond donors (Lipinski definition) is 1. The van der Waals surface area contributed by atoms with Gasteiger partial charge in [0.15, 0.2) is 0 Å². The van der Waals surface area contributed by atoms with Gasteiger partial charge in [-0.3, -0.25) is 0 Å². The van der Waals surface area contributed by atoms with Crippen LogP contribution in [-0.4, -0.2) is 43.5 Å².